The Hall–Kier alpha value is -1.65. The van der Waals surface area contributed by atoms with Gasteiger partial charge in [0.1, 0.15) is 0 Å². The Morgan fingerprint density at radius 2 is 1.79 bits per heavy atom. The number of rotatable bonds is 8. The maximum absolute atomic E-state index is 11.8. The molecular weight excluding hydrogens is 499 g/mol. The average Bonchev–Trinajstić information content (AvgIpc) is 2.70. The van der Waals surface area contributed by atoms with Crippen molar-refractivity contribution in [1.82, 2.24) is 15.4 Å². The van der Waals surface area contributed by atoms with Gasteiger partial charge in [0, 0.05) is 13.1 Å². The van der Waals surface area contributed by atoms with Gasteiger partial charge in [-0.05, 0) is 50.1 Å². The lowest BCUT2D eigenvalue weighted by Gasteiger charge is -2.16. The standard InChI is InChI=1S/C21H30N4O2S.HI/c1-5-23-21(24-14-17(3)19-8-6-7-16(2)13-19)25-15-18-9-11-20(12-10-18)28(26,27)22-4;/h6-13,17,22H,5,14-15H2,1-4H3,(H2,23,24,25);1H. The third-order valence-electron chi connectivity index (χ3n) is 4.45. The molecular formula is C21H31IN4O2S. The van der Waals surface area contributed by atoms with E-state index in [-0.39, 0.29) is 28.9 Å². The molecule has 0 aliphatic heterocycles. The second kappa shape index (κ2) is 12.1. The summed E-state index contributed by atoms with van der Waals surface area (Å²) in [7, 11) is -2.01. The maximum atomic E-state index is 11.8. The van der Waals surface area contributed by atoms with Gasteiger partial charge < -0.3 is 10.6 Å². The Kier molecular flexibility index (Phi) is 10.6. The first kappa shape index (κ1) is 25.4. The van der Waals surface area contributed by atoms with E-state index in [1.807, 2.05) is 6.92 Å². The molecule has 0 fully saturated rings. The highest BCUT2D eigenvalue weighted by Gasteiger charge is 2.10. The van der Waals surface area contributed by atoms with Crippen LogP contribution in [-0.2, 0) is 16.6 Å². The third kappa shape index (κ3) is 7.94. The van der Waals surface area contributed by atoms with Crippen LogP contribution in [0.25, 0.3) is 0 Å². The molecule has 6 nitrogen and oxygen atoms in total. The fraction of sp³-hybridized carbons (Fsp3) is 0.381. The number of nitrogens with zero attached hydrogens (tertiary/aromatic N) is 1. The van der Waals surface area contributed by atoms with Crippen molar-refractivity contribution in [3.8, 4) is 0 Å². The zero-order valence-electron chi connectivity index (χ0n) is 17.4. The van der Waals surface area contributed by atoms with Gasteiger partial charge in [-0.25, -0.2) is 18.1 Å². The van der Waals surface area contributed by atoms with Crippen LogP contribution in [0.5, 0.6) is 0 Å². The highest BCUT2D eigenvalue weighted by Crippen LogP contribution is 2.15. The number of hydrogen-bond donors (Lipinski definition) is 3. The van der Waals surface area contributed by atoms with Gasteiger partial charge in [-0.15, -0.1) is 24.0 Å². The van der Waals surface area contributed by atoms with Crippen molar-refractivity contribution in [2.45, 2.75) is 38.1 Å². The molecule has 0 aromatic heterocycles. The van der Waals surface area contributed by atoms with Crippen molar-refractivity contribution in [3.63, 3.8) is 0 Å². The second-order valence-electron chi connectivity index (χ2n) is 6.74. The Bertz CT molecular complexity index is 899. The molecule has 0 aliphatic rings. The van der Waals surface area contributed by atoms with Gasteiger partial charge in [-0.3, -0.25) is 0 Å². The number of hydrogen-bond acceptors (Lipinski definition) is 3. The second-order valence-corrected chi connectivity index (χ2v) is 8.63. The van der Waals surface area contributed by atoms with Gasteiger partial charge in [0.15, 0.2) is 5.96 Å². The van der Waals surface area contributed by atoms with Crippen molar-refractivity contribution < 1.29 is 8.42 Å². The summed E-state index contributed by atoms with van der Waals surface area (Å²) in [4.78, 5) is 4.86. The molecule has 0 bridgehead atoms. The molecule has 0 spiro atoms. The van der Waals surface area contributed by atoms with Crippen LogP contribution in [-0.4, -0.2) is 34.5 Å². The number of aliphatic imine (C=N–C) groups is 1. The predicted molar refractivity (Wildman–Crippen MR) is 131 cm³/mol. The molecule has 0 saturated heterocycles. The minimum atomic E-state index is -3.41. The topological polar surface area (TPSA) is 82.6 Å². The van der Waals surface area contributed by atoms with Crippen LogP contribution in [0, 0.1) is 6.92 Å². The van der Waals surface area contributed by atoms with Crippen molar-refractivity contribution >= 4 is 40.0 Å². The third-order valence-corrected chi connectivity index (χ3v) is 5.88. The van der Waals surface area contributed by atoms with Crippen LogP contribution in [0.4, 0.5) is 0 Å². The Labute approximate surface area is 191 Å². The highest BCUT2D eigenvalue weighted by atomic mass is 127. The van der Waals surface area contributed by atoms with E-state index in [9.17, 15) is 8.42 Å². The van der Waals surface area contributed by atoms with Crippen molar-refractivity contribution in [3.05, 3.63) is 65.2 Å². The Balaban J connectivity index is 0.00000420. The van der Waals surface area contributed by atoms with Gasteiger partial charge in [0.2, 0.25) is 10.0 Å². The van der Waals surface area contributed by atoms with E-state index in [0.717, 1.165) is 24.6 Å². The molecule has 29 heavy (non-hydrogen) atoms. The van der Waals surface area contributed by atoms with E-state index in [0.29, 0.717) is 12.5 Å². The maximum Gasteiger partial charge on any atom is 0.240 e. The summed E-state index contributed by atoms with van der Waals surface area (Å²) in [5.74, 6) is 1.10. The molecule has 3 N–H and O–H groups in total. The molecule has 8 heteroatoms. The number of nitrogens with one attached hydrogen (secondary N) is 3. The van der Waals surface area contributed by atoms with E-state index in [4.69, 9.17) is 0 Å². The summed E-state index contributed by atoms with van der Waals surface area (Å²) >= 11 is 0. The molecule has 0 heterocycles. The summed E-state index contributed by atoms with van der Waals surface area (Å²) in [6, 6.07) is 15.3. The molecule has 2 aromatic rings. The van der Waals surface area contributed by atoms with E-state index < -0.39 is 10.0 Å². The summed E-state index contributed by atoms with van der Waals surface area (Å²) in [5, 5.41) is 6.64. The lowest BCUT2D eigenvalue weighted by molar-refractivity contribution is 0.588. The first-order valence-electron chi connectivity index (χ1n) is 9.47. The summed E-state index contributed by atoms with van der Waals surface area (Å²) in [6.45, 7) is 8.32. The van der Waals surface area contributed by atoms with Gasteiger partial charge in [0.05, 0.1) is 11.4 Å². The number of sulfonamides is 1. The van der Waals surface area contributed by atoms with Crippen LogP contribution < -0.4 is 15.4 Å². The zero-order valence-corrected chi connectivity index (χ0v) is 20.5. The number of benzene rings is 2. The lowest BCUT2D eigenvalue weighted by Crippen LogP contribution is -2.39. The number of guanidine groups is 1. The molecule has 2 rings (SSSR count). The molecule has 0 aliphatic carbocycles. The first-order valence-corrected chi connectivity index (χ1v) is 10.9. The van der Waals surface area contributed by atoms with E-state index >= 15 is 0 Å². The molecule has 0 amide bonds. The number of aryl methyl sites for hydroxylation is 1. The SMILES string of the molecule is CCNC(=NCc1ccc(S(=O)(=O)NC)cc1)NCC(C)c1cccc(C)c1.I. The zero-order chi connectivity index (χ0) is 20.6. The normalized spacial score (nSPS) is 12.8. The summed E-state index contributed by atoms with van der Waals surface area (Å²) < 4.78 is 25.9. The van der Waals surface area contributed by atoms with Crippen LogP contribution in [0.2, 0.25) is 0 Å². The predicted octanol–water partition coefficient (Wildman–Crippen LogP) is 3.38. The largest absolute Gasteiger partial charge is 0.357 e. The van der Waals surface area contributed by atoms with Gasteiger partial charge >= 0.3 is 0 Å². The van der Waals surface area contributed by atoms with E-state index in [1.54, 1.807) is 24.3 Å². The van der Waals surface area contributed by atoms with E-state index in [1.165, 1.54) is 18.2 Å². The number of halogens is 1. The first-order chi connectivity index (χ1) is 13.4. The summed E-state index contributed by atoms with van der Waals surface area (Å²) in [5.41, 5.74) is 3.50. The molecule has 0 radical (unpaired) electrons. The minimum absolute atomic E-state index is 0. The molecule has 1 atom stereocenters. The summed E-state index contributed by atoms with van der Waals surface area (Å²) in [6.07, 6.45) is 0. The highest BCUT2D eigenvalue weighted by molar-refractivity contribution is 14.0. The molecule has 0 saturated carbocycles. The fourth-order valence-corrected chi connectivity index (χ4v) is 3.48. The lowest BCUT2D eigenvalue weighted by atomic mass is 9.99. The van der Waals surface area contributed by atoms with Crippen molar-refractivity contribution in [2.24, 2.45) is 4.99 Å². The molecule has 2 aromatic carbocycles. The Morgan fingerprint density at radius 1 is 1.10 bits per heavy atom. The quantitative estimate of drug-likeness (QED) is 0.278. The minimum Gasteiger partial charge on any atom is -0.357 e. The fourth-order valence-electron chi connectivity index (χ4n) is 2.75. The van der Waals surface area contributed by atoms with E-state index in [2.05, 4.69) is 58.5 Å². The van der Waals surface area contributed by atoms with Gasteiger partial charge in [0.25, 0.3) is 0 Å². The van der Waals surface area contributed by atoms with Crippen LogP contribution in [0.15, 0.2) is 58.4 Å². The molecule has 160 valence electrons. The monoisotopic (exact) mass is 530 g/mol. The van der Waals surface area contributed by atoms with Gasteiger partial charge in [-0.2, -0.15) is 0 Å². The average molecular weight is 530 g/mol. The van der Waals surface area contributed by atoms with Crippen molar-refractivity contribution in [2.75, 3.05) is 20.1 Å². The van der Waals surface area contributed by atoms with Gasteiger partial charge in [-0.1, -0.05) is 48.9 Å². The van der Waals surface area contributed by atoms with Crippen LogP contribution in [0.1, 0.15) is 36.5 Å². The van der Waals surface area contributed by atoms with Crippen LogP contribution >= 0.6 is 24.0 Å². The smallest absolute Gasteiger partial charge is 0.240 e. The Morgan fingerprint density at radius 3 is 2.38 bits per heavy atom. The van der Waals surface area contributed by atoms with Crippen LogP contribution in [0.3, 0.4) is 0 Å². The van der Waals surface area contributed by atoms with Crippen molar-refractivity contribution in [1.29, 1.82) is 0 Å². The molecule has 1 unspecified atom stereocenters.